The molecule has 0 aliphatic heterocycles. The summed E-state index contributed by atoms with van der Waals surface area (Å²) in [6, 6.07) is 11.9. The zero-order chi connectivity index (χ0) is 14.5. The molecule has 2 aromatic rings. The van der Waals surface area contributed by atoms with Crippen molar-refractivity contribution in [2.45, 2.75) is 13.1 Å². The third-order valence-electron chi connectivity index (χ3n) is 2.77. The number of rotatable bonds is 5. The molecule has 2 rings (SSSR count). The molecular formula is C14H12Cl2N2O2. The molecule has 0 amide bonds. The zero-order valence-corrected chi connectivity index (χ0v) is 12.0. The molecule has 20 heavy (non-hydrogen) atoms. The first-order chi connectivity index (χ1) is 9.56. The van der Waals surface area contributed by atoms with Crippen molar-refractivity contribution in [2.24, 2.45) is 0 Å². The SMILES string of the molecule is O=[N+]([O-])c1ccc(Cl)c(CNCc2cccc(Cl)c2)c1. The minimum Gasteiger partial charge on any atom is -0.309 e. The van der Waals surface area contributed by atoms with E-state index in [1.54, 1.807) is 0 Å². The van der Waals surface area contributed by atoms with Crippen LogP contribution < -0.4 is 5.32 Å². The standard InChI is InChI=1S/C14H12Cl2N2O2/c15-12-3-1-2-10(6-12)8-17-9-11-7-13(18(19)20)4-5-14(11)16/h1-7,17H,8-9H2. The van der Waals surface area contributed by atoms with Crippen LogP contribution in [0.15, 0.2) is 42.5 Å². The van der Waals surface area contributed by atoms with Gasteiger partial charge in [0.1, 0.15) is 0 Å². The summed E-state index contributed by atoms with van der Waals surface area (Å²) in [5.74, 6) is 0. The van der Waals surface area contributed by atoms with Crippen molar-refractivity contribution in [1.82, 2.24) is 5.32 Å². The minimum atomic E-state index is -0.434. The summed E-state index contributed by atoms with van der Waals surface area (Å²) in [5, 5.41) is 15.1. The van der Waals surface area contributed by atoms with Gasteiger partial charge in [0.25, 0.3) is 5.69 Å². The zero-order valence-electron chi connectivity index (χ0n) is 10.5. The van der Waals surface area contributed by atoms with E-state index in [-0.39, 0.29) is 5.69 Å². The predicted octanol–water partition coefficient (Wildman–Crippen LogP) is 4.19. The van der Waals surface area contributed by atoms with Crippen molar-refractivity contribution >= 4 is 28.9 Å². The first kappa shape index (κ1) is 14.8. The highest BCUT2D eigenvalue weighted by Crippen LogP contribution is 2.22. The van der Waals surface area contributed by atoms with E-state index in [1.165, 1.54) is 18.2 Å². The molecular weight excluding hydrogens is 299 g/mol. The van der Waals surface area contributed by atoms with Crippen molar-refractivity contribution in [1.29, 1.82) is 0 Å². The van der Waals surface area contributed by atoms with Crippen LogP contribution in [0.3, 0.4) is 0 Å². The maximum Gasteiger partial charge on any atom is 0.269 e. The fourth-order valence-corrected chi connectivity index (χ4v) is 2.20. The highest BCUT2D eigenvalue weighted by Gasteiger charge is 2.09. The summed E-state index contributed by atoms with van der Waals surface area (Å²) < 4.78 is 0. The Bertz CT molecular complexity index is 632. The Morgan fingerprint density at radius 1 is 1.10 bits per heavy atom. The predicted molar refractivity (Wildman–Crippen MR) is 80.1 cm³/mol. The van der Waals surface area contributed by atoms with E-state index in [0.29, 0.717) is 28.7 Å². The van der Waals surface area contributed by atoms with E-state index >= 15 is 0 Å². The first-order valence-corrected chi connectivity index (χ1v) is 6.70. The van der Waals surface area contributed by atoms with Crippen LogP contribution in [0.25, 0.3) is 0 Å². The number of non-ortho nitro benzene ring substituents is 1. The van der Waals surface area contributed by atoms with E-state index in [0.717, 1.165) is 5.56 Å². The average Bonchev–Trinajstić information content (AvgIpc) is 2.40. The Morgan fingerprint density at radius 2 is 1.90 bits per heavy atom. The monoisotopic (exact) mass is 310 g/mol. The molecule has 0 saturated heterocycles. The number of hydrogen-bond donors (Lipinski definition) is 1. The molecule has 0 aromatic heterocycles. The molecule has 2 aromatic carbocycles. The van der Waals surface area contributed by atoms with Crippen LogP contribution in [0.4, 0.5) is 5.69 Å². The molecule has 0 atom stereocenters. The van der Waals surface area contributed by atoms with Crippen LogP contribution in [0.2, 0.25) is 10.0 Å². The first-order valence-electron chi connectivity index (χ1n) is 5.94. The maximum absolute atomic E-state index is 10.7. The van der Waals surface area contributed by atoms with E-state index in [1.807, 2.05) is 24.3 Å². The molecule has 0 radical (unpaired) electrons. The van der Waals surface area contributed by atoms with Gasteiger partial charge < -0.3 is 5.32 Å². The van der Waals surface area contributed by atoms with E-state index in [9.17, 15) is 10.1 Å². The summed E-state index contributed by atoms with van der Waals surface area (Å²) in [7, 11) is 0. The summed E-state index contributed by atoms with van der Waals surface area (Å²) in [4.78, 5) is 10.3. The van der Waals surface area contributed by atoms with Crippen molar-refractivity contribution in [2.75, 3.05) is 0 Å². The second-order valence-electron chi connectivity index (χ2n) is 4.27. The van der Waals surface area contributed by atoms with Gasteiger partial charge in [-0.1, -0.05) is 35.3 Å². The fraction of sp³-hybridized carbons (Fsp3) is 0.143. The minimum absolute atomic E-state index is 0.0361. The molecule has 6 heteroatoms. The molecule has 0 aliphatic rings. The number of nitro benzene ring substituents is 1. The van der Waals surface area contributed by atoms with Gasteiger partial charge in [-0.3, -0.25) is 10.1 Å². The van der Waals surface area contributed by atoms with Gasteiger partial charge in [0, 0.05) is 35.3 Å². The lowest BCUT2D eigenvalue weighted by Crippen LogP contribution is -2.13. The lowest BCUT2D eigenvalue weighted by atomic mass is 10.2. The van der Waals surface area contributed by atoms with Crippen molar-refractivity contribution in [3.05, 3.63) is 73.8 Å². The van der Waals surface area contributed by atoms with Gasteiger partial charge in [0.15, 0.2) is 0 Å². The lowest BCUT2D eigenvalue weighted by molar-refractivity contribution is -0.384. The molecule has 104 valence electrons. The summed E-state index contributed by atoms with van der Waals surface area (Å²) >= 11 is 11.9. The average molecular weight is 311 g/mol. The summed E-state index contributed by atoms with van der Waals surface area (Å²) in [6.45, 7) is 1.06. The Kier molecular flexibility index (Phi) is 4.95. The van der Waals surface area contributed by atoms with Crippen LogP contribution in [-0.2, 0) is 13.1 Å². The summed E-state index contributed by atoms with van der Waals surface area (Å²) in [5.41, 5.74) is 1.77. The molecule has 4 nitrogen and oxygen atoms in total. The van der Waals surface area contributed by atoms with Gasteiger partial charge in [0.05, 0.1) is 4.92 Å². The number of nitrogens with zero attached hydrogens (tertiary/aromatic N) is 1. The highest BCUT2D eigenvalue weighted by atomic mass is 35.5. The van der Waals surface area contributed by atoms with Crippen molar-refractivity contribution in [3.8, 4) is 0 Å². The number of nitrogens with one attached hydrogen (secondary N) is 1. The largest absolute Gasteiger partial charge is 0.309 e. The fourth-order valence-electron chi connectivity index (χ4n) is 1.80. The third-order valence-corrected chi connectivity index (χ3v) is 3.38. The van der Waals surface area contributed by atoms with E-state index < -0.39 is 4.92 Å². The van der Waals surface area contributed by atoms with E-state index in [2.05, 4.69) is 5.32 Å². The molecule has 0 bridgehead atoms. The smallest absolute Gasteiger partial charge is 0.269 e. The van der Waals surface area contributed by atoms with Gasteiger partial charge in [-0.2, -0.15) is 0 Å². The van der Waals surface area contributed by atoms with Crippen LogP contribution in [0.5, 0.6) is 0 Å². The molecule has 0 aliphatic carbocycles. The topological polar surface area (TPSA) is 55.2 Å². The maximum atomic E-state index is 10.7. The van der Waals surface area contributed by atoms with Crippen LogP contribution in [-0.4, -0.2) is 4.92 Å². The number of hydrogen-bond acceptors (Lipinski definition) is 3. The van der Waals surface area contributed by atoms with E-state index in [4.69, 9.17) is 23.2 Å². The van der Waals surface area contributed by atoms with Crippen LogP contribution in [0, 0.1) is 10.1 Å². The number of nitro groups is 1. The molecule has 0 fully saturated rings. The van der Waals surface area contributed by atoms with Gasteiger partial charge in [-0.25, -0.2) is 0 Å². The second-order valence-corrected chi connectivity index (χ2v) is 5.11. The third kappa shape index (κ3) is 3.93. The molecule has 0 unspecified atom stereocenters. The number of benzene rings is 2. The second kappa shape index (κ2) is 6.70. The Hall–Kier alpha value is -1.62. The van der Waals surface area contributed by atoms with Crippen molar-refractivity contribution in [3.63, 3.8) is 0 Å². The van der Waals surface area contributed by atoms with Crippen molar-refractivity contribution < 1.29 is 4.92 Å². The van der Waals surface area contributed by atoms with Crippen LogP contribution >= 0.6 is 23.2 Å². The van der Waals surface area contributed by atoms with Gasteiger partial charge in [-0.05, 0) is 29.3 Å². The Morgan fingerprint density at radius 3 is 2.60 bits per heavy atom. The van der Waals surface area contributed by atoms with Gasteiger partial charge in [-0.15, -0.1) is 0 Å². The van der Waals surface area contributed by atoms with Gasteiger partial charge >= 0.3 is 0 Å². The lowest BCUT2D eigenvalue weighted by Gasteiger charge is -2.07. The summed E-state index contributed by atoms with van der Waals surface area (Å²) in [6.07, 6.45) is 0. The van der Waals surface area contributed by atoms with Gasteiger partial charge in [0.2, 0.25) is 0 Å². The highest BCUT2D eigenvalue weighted by molar-refractivity contribution is 6.31. The molecule has 0 spiro atoms. The normalized spacial score (nSPS) is 10.5. The molecule has 0 heterocycles. The number of halogens is 2. The molecule has 0 saturated carbocycles. The Balaban J connectivity index is 2.00. The Labute approximate surface area is 126 Å². The van der Waals surface area contributed by atoms with Crippen LogP contribution in [0.1, 0.15) is 11.1 Å². The molecule has 1 N–H and O–H groups in total. The quantitative estimate of drug-likeness (QED) is 0.665.